The Bertz CT molecular complexity index is 709. The van der Waals surface area contributed by atoms with Crippen molar-refractivity contribution in [3.8, 4) is 5.88 Å². The minimum Gasteiger partial charge on any atom is -0.481 e. The molecular formula is C14H10BrNO. The normalized spacial score (nSPS) is 10.9. The lowest BCUT2D eigenvalue weighted by Crippen LogP contribution is -1.91. The molecule has 0 atom stereocenters. The first-order valence-corrected chi connectivity index (χ1v) is 6.11. The van der Waals surface area contributed by atoms with E-state index in [0.717, 1.165) is 26.1 Å². The molecule has 2 aromatic carbocycles. The zero-order chi connectivity index (χ0) is 11.8. The highest BCUT2D eigenvalue weighted by atomic mass is 79.9. The lowest BCUT2D eigenvalue weighted by molar-refractivity contribution is 0.405. The standard InChI is InChI=1S/C14H10BrNO/c1-17-14-11-5-3-2-4-10(11)12-8-9(15)6-7-13(12)16-14/h2-8H,1H3. The van der Waals surface area contributed by atoms with Crippen molar-refractivity contribution >= 4 is 37.6 Å². The average molecular weight is 288 g/mol. The van der Waals surface area contributed by atoms with Gasteiger partial charge in [-0.1, -0.05) is 34.1 Å². The van der Waals surface area contributed by atoms with Crippen LogP contribution in [0.15, 0.2) is 46.9 Å². The highest BCUT2D eigenvalue weighted by Gasteiger charge is 2.07. The molecule has 0 saturated heterocycles. The van der Waals surface area contributed by atoms with Crippen LogP contribution in [0.25, 0.3) is 21.7 Å². The number of ether oxygens (including phenoxy) is 1. The zero-order valence-corrected chi connectivity index (χ0v) is 10.9. The molecule has 0 spiro atoms. The molecule has 2 nitrogen and oxygen atoms in total. The van der Waals surface area contributed by atoms with E-state index in [9.17, 15) is 0 Å². The molecule has 0 aliphatic heterocycles. The van der Waals surface area contributed by atoms with Gasteiger partial charge >= 0.3 is 0 Å². The molecule has 0 fully saturated rings. The molecule has 84 valence electrons. The number of halogens is 1. The zero-order valence-electron chi connectivity index (χ0n) is 9.27. The molecule has 0 bridgehead atoms. The van der Waals surface area contributed by atoms with Crippen LogP contribution in [-0.4, -0.2) is 12.1 Å². The van der Waals surface area contributed by atoms with Crippen molar-refractivity contribution < 1.29 is 4.74 Å². The molecule has 3 aromatic rings. The van der Waals surface area contributed by atoms with Gasteiger partial charge in [-0.3, -0.25) is 0 Å². The summed E-state index contributed by atoms with van der Waals surface area (Å²) >= 11 is 3.49. The number of hydrogen-bond donors (Lipinski definition) is 0. The summed E-state index contributed by atoms with van der Waals surface area (Å²) in [6, 6.07) is 14.2. The number of pyridine rings is 1. The van der Waals surface area contributed by atoms with Gasteiger partial charge in [-0.2, -0.15) is 0 Å². The highest BCUT2D eigenvalue weighted by Crippen LogP contribution is 2.31. The fourth-order valence-corrected chi connectivity index (χ4v) is 2.41. The SMILES string of the molecule is COc1nc2ccc(Br)cc2c2ccccc12. The van der Waals surface area contributed by atoms with Crippen molar-refractivity contribution in [3.63, 3.8) is 0 Å². The molecule has 0 unspecified atom stereocenters. The van der Waals surface area contributed by atoms with Crippen molar-refractivity contribution in [2.45, 2.75) is 0 Å². The maximum atomic E-state index is 5.34. The Morgan fingerprint density at radius 2 is 1.76 bits per heavy atom. The molecule has 3 rings (SSSR count). The molecule has 0 aliphatic carbocycles. The number of hydrogen-bond acceptors (Lipinski definition) is 2. The predicted molar refractivity (Wildman–Crippen MR) is 73.5 cm³/mol. The van der Waals surface area contributed by atoms with Crippen LogP contribution in [0.3, 0.4) is 0 Å². The van der Waals surface area contributed by atoms with Crippen LogP contribution < -0.4 is 4.74 Å². The summed E-state index contributed by atoms with van der Waals surface area (Å²) in [6.07, 6.45) is 0. The van der Waals surface area contributed by atoms with Crippen LogP contribution in [0, 0.1) is 0 Å². The Morgan fingerprint density at radius 1 is 1.00 bits per heavy atom. The number of methoxy groups -OCH3 is 1. The summed E-state index contributed by atoms with van der Waals surface area (Å²) in [5, 5.41) is 3.34. The number of nitrogens with zero attached hydrogens (tertiary/aromatic N) is 1. The molecule has 3 heteroatoms. The van der Waals surface area contributed by atoms with Crippen LogP contribution in [0.1, 0.15) is 0 Å². The second-order valence-corrected chi connectivity index (χ2v) is 4.74. The van der Waals surface area contributed by atoms with E-state index in [1.807, 2.05) is 30.3 Å². The Hall–Kier alpha value is -1.61. The second kappa shape index (κ2) is 4.00. The number of rotatable bonds is 1. The van der Waals surface area contributed by atoms with Gasteiger partial charge in [0.25, 0.3) is 0 Å². The highest BCUT2D eigenvalue weighted by molar-refractivity contribution is 9.10. The Balaban J connectivity index is 2.55. The average Bonchev–Trinajstić information content (AvgIpc) is 2.38. The number of aromatic nitrogens is 1. The van der Waals surface area contributed by atoms with Gasteiger partial charge < -0.3 is 4.74 Å². The van der Waals surface area contributed by atoms with E-state index in [4.69, 9.17) is 4.74 Å². The molecule has 1 heterocycles. The molecule has 0 saturated carbocycles. The first kappa shape index (κ1) is 10.5. The summed E-state index contributed by atoms with van der Waals surface area (Å²) in [7, 11) is 1.65. The van der Waals surface area contributed by atoms with Crippen LogP contribution in [0.5, 0.6) is 5.88 Å². The molecule has 0 amide bonds. The summed E-state index contributed by atoms with van der Waals surface area (Å²) in [5.74, 6) is 0.676. The number of benzene rings is 2. The van der Waals surface area contributed by atoms with Crippen LogP contribution in [0.2, 0.25) is 0 Å². The molecule has 0 radical (unpaired) electrons. The monoisotopic (exact) mass is 287 g/mol. The topological polar surface area (TPSA) is 22.1 Å². The Labute approximate surface area is 107 Å². The van der Waals surface area contributed by atoms with Gasteiger partial charge in [0.05, 0.1) is 12.6 Å². The summed E-state index contributed by atoms with van der Waals surface area (Å²) in [5.41, 5.74) is 0.948. The maximum Gasteiger partial charge on any atom is 0.221 e. The largest absolute Gasteiger partial charge is 0.481 e. The van der Waals surface area contributed by atoms with E-state index in [-0.39, 0.29) is 0 Å². The minimum atomic E-state index is 0.676. The maximum absolute atomic E-state index is 5.34. The van der Waals surface area contributed by atoms with E-state index < -0.39 is 0 Å². The van der Waals surface area contributed by atoms with Crippen molar-refractivity contribution in [2.75, 3.05) is 7.11 Å². The van der Waals surface area contributed by atoms with Crippen molar-refractivity contribution in [2.24, 2.45) is 0 Å². The summed E-state index contributed by atoms with van der Waals surface area (Å²) in [4.78, 5) is 4.52. The third-order valence-corrected chi connectivity index (χ3v) is 3.31. The van der Waals surface area contributed by atoms with Gasteiger partial charge in [0.1, 0.15) is 0 Å². The lowest BCUT2D eigenvalue weighted by atomic mass is 10.1. The van der Waals surface area contributed by atoms with Gasteiger partial charge in [-0.15, -0.1) is 0 Å². The Kier molecular flexibility index (Phi) is 2.48. The third-order valence-electron chi connectivity index (χ3n) is 2.82. The van der Waals surface area contributed by atoms with E-state index in [0.29, 0.717) is 5.88 Å². The Morgan fingerprint density at radius 3 is 2.53 bits per heavy atom. The van der Waals surface area contributed by atoms with E-state index in [1.54, 1.807) is 7.11 Å². The second-order valence-electron chi connectivity index (χ2n) is 3.83. The van der Waals surface area contributed by atoms with Gasteiger partial charge in [0.2, 0.25) is 5.88 Å². The first-order chi connectivity index (χ1) is 8.29. The first-order valence-electron chi connectivity index (χ1n) is 5.31. The summed E-state index contributed by atoms with van der Waals surface area (Å²) < 4.78 is 6.40. The van der Waals surface area contributed by atoms with Gasteiger partial charge in [0, 0.05) is 15.2 Å². The van der Waals surface area contributed by atoms with E-state index in [2.05, 4.69) is 33.0 Å². The van der Waals surface area contributed by atoms with E-state index >= 15 is 0 Å². The van der Waals surface area contributed by atoms with Crippen molar-refractivity contribution in [1.82, 2.24) is 4.98 Å². The smallest absolute Gasteiger partial charge is 0.221 e. The molecular weight excluding hydrogens is 278 g/mol. The van der Waals surface area contributed by atoms with Gasteiger partial charge in [0.15, 0.2) is 0 Å². The van der Waals surface area contributed by atoms with Gasteiger partial charge in [-0.05, 0) is 29.7 Å². The van der Waals surface area contributed by atoms with Crippen LogP contribution in [-0.2, 0) is 0 Å². The van der Waals surface area contributed by atoms with Crippen molar-refractivity contribution in [3.05, 3.63) is 46.9 Å². The molecule has 0 N–H and O–H groups in total. The molecule has 17 heavy (non-hydrogen) atoms. The molecule has 1 aromatic heterocycles. The number of fused-ring (bicyclic) bond motifs is 3. The van der Waals surface area contributed by atoms with E-state index in [1.165, 1.54) is 0 Å². The van der Waals surface area contributed by atoms with Crippen LogP contribution >= 0.6 is 15.9 Å². The fourth-order valence-electron chi connectivity index (χ4n) is 2.05. The third kappa shape index (κ3) is 1.67. The lowest BCUT2D eigenvalue weighted by Gasteiger charge is -2.08. The molecule has 0 aliphatic rings. The minimum absolute atomic E-state index is 0.676. The van der Waals surface area contributed by atoms with Gasteiger partial charge in [-0.25, -0.2) is 4.98 Å². The fraction of sp³-hybridized carbons (Fsp3) is 0.0714. The van der Waals surface area contributed by atoms with Crippen LogP contribution in [0.4, 0.5) is 0 Å². The van der Waals surface area contributed by atoms with Crippen molar-refractivity contribution in [1.29, 1.82) is 0 Å². The predicted octanol–water partition coefficient (Wildman–Crippen LogP) is 4.16. The summed E-state index contributed by atoms with van der Waals surface area (Å²) in [6.45, 7) is 0. The quantitative estimate of drug-likeness (QED) is 0.627.